The van der Waals surface area contributed by atoms with Gasteiger partial charge in [-0.1, -0.05) is 29.8 Å². The Morgan fingerprint density at radius 1 is 1.11 bits per heavy atom. The van der Waals surface area contributed by atoms with Crippen molar-refractivity contribution in [1.29, 1.82) is 0 Å². The number of rotatable bonds is 4. The van der Waals surface area contributed by atoms with Gasteiger partial charge < -0.3 is 10.2 Å². The first kappa shape index (κ1) is 19.0. The molecule has 3 rings (SSSR count). The maximum absolute atomic E-state index is 12.8. The van der Waals surface area contributed by atoms with Gasteiger partial charge in [-0.15, -0.1) is 0 Å². The molecule has 9 heteroatoms. The summed E-state index contributed by atoms with van der Waals surface area (Å²) in [5.41, 5.74) is -0.357. The van der Waals surface area contributed by atoms with E-state index in [9.17, 15) is 22.8 Å². The predicted molar refractivity (Wildman–Crippen MR) is 95.8 cm³/mol. The third-order valence-corrected chi connectivity index (χ3v) is 4.39. The number of benzene rings is 2. The van der Waals surface area contributed by atoms with E-state index in [4.69, 9.17) is 11.6 Å². The number of urea groups is 1. The molecule has 1 fully saturated rings. The summed E-state index contributed by atoms with van der Waals surface area (Å²) in [4.78, 5) is 27.5. The molecule has 1 N–H and O–H groups in total. The SMILES string of the molecule is O=C(CN1CCN(c2ccccc2)C1=O)Nc1cc(C(F)(F)F)ccc1Cl. The summed E-state index contributed by atoms with van der Waals surface area (Å²) in [5.74, 6) is -0.625. The second kappa shape index (κ2) is 7.48. The van der Waals surface area contributed by atoms with E-state index in [2.05, 4.69) is 5.32 Å². The van der Waals surface area contributed by atoms with E-state index < -0.39 is 17.6 Å². The molecule has 0 aliphatic carbocycles. The Bertz CT molecular complexity index is 859. The number of anilines is 2. The van der Waals surface area contributed by atoms with Crippen LogP contribution in [-0.4, -0.2) is 36.5 Å². The van der Waals surface area contributed by atoms with Crippen LogP contribution in [0, 0.1) is 0 Å². The van der Waals surface area contributed by atoms with Crippen molar-refractivity contribution in [2.45, 2.75) is 6.18 Å². The van der Waals surface area contributed by atoms with Crippen LogP contribution in [0.15, 0.2) is 48.5 Å². The predicted octanol–water partition coefficient (Wildman–Crippen LogP) is 4.24. The standard InChI is InChI=1S/C18H15ClF3N3O2/c19-14-7-6-12(18(20,21)22)10-15(14)23-16(26)11-24-8-9-25(17(24)27)13-4-2-1-3-5-13/h1-7,10H,8-9,11H2,(H,23,26). The second-order valence-electron chi connectivity index (χ2n) is 5.93. The Kier molecular flexibility index (Phi) is 5.27. The smallest absolute Gasteiger partial charge is 0.323 e. The average molecular weight is 398 g/mol. The van der Waals surface area contributed by atoms with Crippen LogP contribution in [0.2, 0.25) is 5.02 Å². The number of nitrogens with one attached hydrogen (secondary N) is 1. The first-order valence-electron chi connectivity index (χ1n) is 8.04. The number of hydrogen-bond donors (Lipinski definition) is 1. The van der Waals surface area contributed by atoms with E-state index in [1.807, 2.05) is 6.07 Å². The van der Waals surface area contributed by atoms with Gasteiger partial charge in [0.2, 0.25) is 5.91 Å². The Hall–Kier alpha value is -2.74. The van der Waals surface area contributed by atoms with Gasteiger partial charge in [0.05, 0.1) is 16.3 Å². The van der Waals surface area contributed by atoms with Crippen molar-refractivity contribution < 1.29 is 22.8 Å². The second-order valence-corrected chi connectivity index (χ2v) is 6.34. The van der Waals surface area contributed by atoms with Gasteiger partial charge >= 0.3 is 12.2 Å². The van der Waals surface area contributed by atoms with Gasteiger partial charge in [0, 0.05) is 18.8 Å². The van der Waals surface area contributed by atoms with Crippen molar-refractivity contribution in [3.05, 3.63) is 59.1 Å². The molecule has 0 atom stereocenters. The fourth-order valence-corrected chi connectivity index (χ4v) is 2.90. The molecule has 2 aromatic rings. The topological polar surface area (TPSA) is 52.7 Å². The molecule has 1 aliphatic heterocycles. The highest BCUT2D eigenvalue weighted by molar-refractivity contribution is 6.33. The number of para-hydroxylation sites is 1. The molecule has 0 radical (unpaired) electrons. The molecule has 0 bridgehead atoms. The maximum atomic E-state index is 12.8. The van der Waals surface area contributed by atoms with Crippen molar-refractivity contribution in [3.63, 3.8) is 0 Å². The van der Waals surface area contributed by atoms with Gasteiger partial charge in [-0.3, -0.25) is 9.69 Å². The third-order valence-electron chi connectivity index (χ3n) is 4.07. The zero-order valence-corrected chi connectivity index (χ0v) is 14.7. The van der Waals surface area contributed by atoms with Crippen LogP contribution in [0.1, 0.15) is 5.56 Å². The highest BCUT2D eigenvalue weighted by Crippen LogP contribution is 2.33. The van der Waals surface area contributed by atoms with Crippen LogP contribution in [-0.2, 0) is 11.0 Å². The maximum Gasteiger partial charge on any atom is 0.416 e. The van der Waals surface area contributed by atoms with Crippen LogP contribution in [0.25, 0.3) is 0 Å². The lowest BCUT2D eigenvalue weighted by Gasteiger charge is -2.18. The van der Waals surface area contributed by atoms with Crippen LogP contribution >= 0.6 is 11.6 Å². The lowest BCUT2D eigenvalue weighted by Crippen LogP contribution is -2.37. The van der Waals surface area contributed by atoms with Crippen LogP contribution in [0.4, 0.5) is 29.3 Å². The van der Waals surface area contributed by atoms with Crippen molar-refractivity contribution in [3.8, 4) is 0 Å². The van der Waals surface area contributed by atoms with Gasteiger partial charge in [0.1, 0.15) is 6.54 Å². The Balaban J connectivity index is 1.66. The van der Waals surface area contributed by atoms with Gasteiger partial charge in [0.15, 0.2) is 0 Å². The lowest BCUT2D eigenvalue weighted by atomic mass is 10.2. The number of alkyl halides is 3. The molecule has 0 unspecified atom stereocenters. The van der Waals surface area contributed by atoms with Crippen molar-refractivity contribution in [2.75, 3.05) is 29.9 Å². The summed E-state index contributed by atoms with van der Waals surface area (Å²) >= 11 is 5.87. The molecule has 27 heavy (non-hydrogen) atoms. The van der Waals surface area contributed by atoms with Crippen LogP contribution in [0.3, 0.4) is 0 Å². The monoisotopic (exact) mass is 397 g/mol. The largest absolute Gasteiger partial charge is 0.416 e. The minimum absolute atomic E-state index is 0.0185. The molecule has 1 heterocycles. The molecule has 0 saturated carbocycles. The third kappa shape index (κ3) is 4.33. The minimum Gasteiger partial charge on any atom is -0.323 e. The van der Waals surface area contributed by atoms with E-state index in [1.54, 1.807) is 24.3 Å². The molecule has 0 spiro atoms. The van der Waals surface area contributed by atoms with Crippen molar-refractivity contribution in [2.24, 2.45) is 0 Å². The van der Waals surface area contributed by atoms with Crippen LogP contribution in [0.5, 0.6) is 0 Å². The fraction of sp³-hybridized carbons (Fsp3) is 0.222. The molecular weight excluding hydrogens is 383 g/mol. The zero-order valence-electron chi connectivity index (χ0n) is 14.0. The summed E-state index contributed by atoms with van der Waals surface area (Å²) in [6.45, 7) is 0.465. The number of carbonyl (C=O) groups is 2. The first-order chi connectivity index (χ1) is 12.8. The Labute approximate surface area is 158 Å². The quantitative estimate of drug-likeness (QED) is 0.839. The van der Waals surface area contributed by atoms with Crippen LogP contribution < -0.4 is 10.2 Å². The van der Waals surface area contributed by atoms with Crippen molar-refractivity contribution >= 4 is 34.9 Å². The number of hydrogen-bond acceptors (Lipinski definition) is 2. The highest BCUT2D eigenvalue weighted by atomic mass is 35.5. The van der Waals surface area contributed by atoms with E-state index in [0.717, 1.165) is 18.2 Å². The molecule has 2 aromatic carbocycles. The van der Waals surface area contributed by atoms with Gasteiger partial charge in [0.25, 0.3) is 0 Å². The fourth-order valence-electron chi connectivity index (χ4n) is 2.74. The molecule has 142 valence electrons. The zero-order chi connectivity index (χ0) is 19.6. The minimum atomic E-state index is -4.55. The van der Waals surface area contributed by atoms with Gasteiger partial charge in [-0.2, -0.15) is 13.2 Å². The molecule has 3 amide bonds. The van der Waals surface area contributed by atoms with E-state index in [0.29, 0.717) is 18.8 Å². The molecular formula is C18H15ClF3N3O2. The summed E-state index contributed by atoms with van der Waals surface area (Å²) in [7, 11) is 0. The summed E-state index contributed by atoms with van der Waals surface area (Å²) < 4.78 is 38.4. The average Bonchev–Trinajstić information content (AvgIpc) is 2.97. The Morgan fingerprint density at radius 2 is 1.81 bits per heavy atom. The van der Waals surface area contributed by atoms with Crippen molar-refractivity contribution in [1.82, 2.24) is 4.90 Å². The van der Waals surface area contributed by atoms with E-state index in [-0.39, 0.29) is 23.3 Å². The summed E-state index contributed by atoms with van der Waals surface area (Å²) in [6, 6.07) is 11.3. The highest BCUT2D eigenvalue weighted by Gasteiger charge is 2.32. The van der Waals surface area contributed by atoms with Gasteiger partial charge in [-0.25, -0.2) is 4.79 Å². The number of halogens is 4. The number of nitrogens with zero attached hydrogens (tertiary/aromatic N) is 2. The summed E-state index contributed by atoms with van der Waals surface area (Å²) in [6.07, 6.45) is -4.55. The number of carbonyl (C=O) groups excluding carboxylic acids is 2. The Morgan fingerprint density at radius 3 is 2.48 bits per heavy atom. The summed E-state index contributed by atoms with van der Waals surface area (Å²) in [5, 5.41) is 2.32. The molecule has 0 aromatic heterocycles. The lowest BCUT2D eigenvalue weighted by molar-refractivity contribution is -0.137. The van der Waals surface area contributed by atoms with E-state index >= 15 is 0 Å². The molecule has 5 nitrogen and oxygen atoms in total. The molecule has 1 saturated heterocycles. The first-order valence-corrected chi connectivity index (χ1v) is 8.41. The number of amides is 3. The molecule has 1 aliphatic rings. The van der Waals surface area contributed by atoms with E-state index in [1.165, 1.54) is 9.80 Å². The van der Waals surface area contributed by atoms with Gasteiger partial charge in [-0.05, 0) is 30.3 Å². The normalized spacial score (nSPS) is 14.6.